The van der Waals surface area contributed by atoms with Crippen LogP contribution in [-0.2, 0) is 6.42 Å². The Hall–Kier alpha value is -6.37. The molecule has 1 aliphatic rings. The Kier molecular flexibility index (Phi) is 6.18. The third-order valence-electron chi connectivity index (χ3n) is 10.3. The highest BCUT2D eigenvalue weighted by Crippen LogP contribution is 2.42. The Morgan fingerprint density at radius 1 is 0.490 bits per heavy atom. The zero-order valence-electron chi connectivity index (χ0n) is 27.5. The second-order valence-electron chi connectivity index (χ2n) is 13.1. The van der Waals surface area contributed by atoms with E-state index in [1.807, 2.05) is 11.3 Å². The summed E-state index contributed by atoms with van der Waals surface area (Å²) < 4.78 is 5.70. The molecular weight excluding hydrogens is 643 g/mol. The van der Waals surface area contributed by atoms with Crippen LogP contribution in [-0.4, -0.2) is 24.1 Å². The zero-order valence-corrected chi connectivity index (χ0v) is 28.3. The number of thiophene rings is 1. The highest BCUT2D eigenvalue weighted by atomic mass is 32.1. The molecule has 4 heterocycles. The standard InChI is InChI=1S/C45H29N5S/c1-6-22-37-31(15-1)32-16-2-7-23-38(32)49(37)44-46-43(47-45(48-44)50-39-24-8-3-17-33(39)34-18-4-9-25-40(34)50)29-14-11-13-28(27-29)30-20-12-21-36-35-19-5-10-26-41(35)51-42(30)36/h1-4,6-18,20-27H,5,19H2. The maximum absolute atomic E-state index is 5.30. The molecule has 240 valence electrons. The number of benzene rings is 6. The summed E-state index contributed by atoms with van der Waals surface area (Å²) in [6.07, 6.45) is 6.78. The molecule has 0 N–H and O–H groups in total. The summed E-state index contributed by atoms with van der Waals surface area (Å²) in [5.41, 5.74) is 9.02. The molecule has 0 aliphatic heterocycles. The van der Waals surface area contributed by atoms with Crippen molar-refractivity contribution in [3.8, 4) is 34.4 Å². The van der Waals surface area contributed by atoms with E-state index in [-0.39, 0.29) is 0 Å². The Morgan fingerprint density at radius 3 is 1.59 bits per heavy atom. The normalized spacial score (nSPS) is 12.9. The first-order valence-electron chi connectivity index (χ1n) is 17.4. The average Bonchev–Trinajstić information content (AvgIpc) is 3.86. The lowest BCUT2D eigenvalue weighted by Gasteiger charge is -2.13. The second kappa shape index (κ2) is 11.1. The third-order valence-corrected chi connectivity index (χ3v) is 11.5. The van der Waals surface area contributed by atoms with Gasteiger partial charge in [0.2, 0.25) is 11.9 Å². The predicted molar refractivity (Wildman–Crippen MR) is 212 cm³/mol. The van der Waals surface area contributed by atoms with Crippen LogP contribution in [0.3, 0.4) is 0 Å². The average molecular weight is 672 g/mol. The quantitative estimate of drug-likeness (QED) is 0.187. The topological polar surface area (TPSA) is 48.5 Å². The van der Waals surface area contributed by atoms with Gasteiger partial charge in [-0.25, -0.2) is 0 Å². The molecule has 6 heteroatoms. The molecule has 4 aromatic heterocycles. The number of rotatable bonds is 4. The van der Waals surface area contributed by atoms with Crippen molar-refractivity contribution in [2.24, 2.45) is 0 Å². The van der Waals surface area contributed by atoms with Crippen molar-refractivity contribution in [1.82, 2.24) is 24.1 Å². The van der Waals surface area contributed by atoms with Crippen molar-refractivity contribution in [3.05, 3.63) is 156 Å². The number of hydrogen-bond donors (Lipinski definition) is 0. The molecule has 0 saturated carbocycles. The lowest BCUT2D eigenvalue weighted by molar-refractivity contribution is 0.893. The number of aromatic nitrogens is 5. The SMILES string of the molecule is C1=Cc2sc3c(-c4cccc(-c5nc(-n6c7ccccc7c7ccccc76)nc(-n6c7ccccc7c7ccccc76)n5)c4)cccc3c2CC1. The first-order chi connectivity index (χ1) is 25.3. The smallest absolute Gasteiger partial charge is 0.240 e. The fourth-order valence-corrected chi connectivity index (χ4v) is 9.33. The zero-order chi connectivity index (χ0) is 33.5. The van der Waals surface area contributed by atoms with Crippen LogP contribution >= 0.6 is 11.3 Å². The molecular formula is C45H29N5S. The monoisotopic (exact) mass is 671 g/mol. The molecule has 0 saturated heterocycles. The summed E-state index contributed by atoms with van der Waals surface area (Å²) in [7, 11) is 0. The van der Waals surface area contributed by atoms with Crippen LogP contribution in [0.2, 0.25) is 0 Å². The minimum Gasteiger partial charge on any atom is -0.278 e. The van der Waals surface area contributed by atoms with E-state index in [1.54, 1.807) is 0 Å². The summed E-state index contributed by atoms with van der Waals surface area (Å²) in [6.45, 7) is 0. The first-order valence-corrected chi connectivity index (χ1v) is 18.2. The lowest BCUT2D eigenvalue weighted by Crippen LogP contribution is -2.10. The number of nitrogens with zero attached hydrogens (tertiary/aromatic N) is 5. The van der Waals surface area contributed by atoms with Gasteiger partial charge in [-0.2, -0.15) is 15.0 Å². The van der Waals surface area contributed by atoms with E-state index in [4.69, 9.17) is 15.0 Å². The predicted octanol–water partition coefficient (Wildman–Crippen LogP) is 11.6. The summed E-state index contributed by atoms with van der Waals surface area (Å²) >= 11 is 1.89. The van der Waals surface area contributed by atoms with Crippen LogP contribution in [0, 0.1) is 0 Å². The summed E-state index contributed by atoms with van der Waals surface area (Å²) in [6, 6.07) is 49.4. The highest BCUT2D eigenvalue weighted by molar-refractivity contribution is 7.20. The fourth-order valence-electron chi connectivity index (χ4n) is 8.01. The maximum atomic E-state index is 5.30. The largest absolute Gasteiger partial charge is 0.278 e. The van der Waals surface area contributed by atoms with E-state index in [0.717, 1.165) is 67.6 Å². The molecule has 5 nitrogen and oxygen atoms in total. The number of hydrogen-bond acceptors (Lipinski definition) is 4. The van der Waals surface area contributed by atoms with Gasteiger partial charge in [0.25, 0.3) is 0 Å². The number of allylic oxidation sites excluding steroid dienone is 1. The van der Waals surface area contributed by atoms with Crippen molar-refractivity contribution in [3.63, 3.8) is 0 Å². The third kappa shape index (κ3) is 4.30. The van der Waals surface area contributed by atoms with Gasteiger partial charge in [-0.3, -0.25) is 9.13 Å². The van der Waals surface area contributed by atoms with Crippen LogP contribution in [0.15, 0.2) is 146 Å². The molecule has 11 rings (SSSR count). The van der Waals surface area contributed by atoms with Gasteiger partial charge in [-0.15, -0.1) is 11.3 Å². The van der Waals surface area contributed by atoms with E-state index >= 15 is 0 Å². The van der Waals surface area contributed by atoms with E-state index in [9.17, 15) is 0 Å². The minimum absolute atomic E-state index is 0.583. The van der Waals surface area contributed by atoms with Gasteiger partial charge in [0.1, 0.15) is 0 Å². The molecule has 0 spiro atoms. The van der Waals surface area contributed by atoms with E-state index < -0.39 is 0 Å². The van der Waals surface area contributed by atoms with Crippen molar-refractivity contribution in [2.45, 2.75) is 12.8 Å². The van der Waals surface area contributed by atoms with Crippen LogP contribution in [0.1, 0.15) is 16.9 Å². The molecule has 1 aliphatic carbocycles. The number of para-hydroxylation sites is 4. The first kappa shape index (κ1) is 28.5. The van der Waals surface area contributed by atoms with Crippen molar-refractivity contribution in [1.29, 1.82) is 0 Å². The van der Waals surface area contributed by atoms with Gasteiger partial charge in [0.05, 0.1) is 22.1 Å². The van der Waals surface area contributed by atoms with Gasteiger partial charge in [0.15, 0.2) is 5.82 Å². The molecule has 0 unspecified atom stereocenters. The Bertz CT molecular complexity index is 2810. The lowest BCUT2D eigenvalue weighted by atomic mass is 9.97. The van der Waals surface area contributed by atoms with Crippen molar-refractivity contribution in [2.75, 3.05) is 0 Å². The van der Waals surface area contributed by atoms with Crippen LogP contribution in [0.25, 0.3) is 94.2 Å². The number of aryl methyl sites for hydroxylation is 1. The number of fused-ring (bicyclic) bond motifs is 9. The Morgan fingerprint density at radius 2 is 1.00 bits per heavy atom. The molecule has 51 heavy (non-hydrogen) atoms. The molecule has 0 bridgehead atoms. The van der Waals surface area contributed by atoms with Gasteiger partial charge < -0.3 is 0 Å². The summed E-state index contributed by atoms with van der Waals surface area (Å²) in [5, 5.41) is 6.02. The summed E-state index contributed by atoms with van der Waals surface area (Å²) in [5.74, 6) is 1.79. The fraction of sp³-hybridized carbons (Fsp3) is 0.0444. The van der Waals surface area contributed by atoms with Crippen LogP contribution in [0.5, 0.6) is 0 Å². The summed E-state index contributed by atoms with van der Waals surface area (Å²) in [4.78, 5) is 17.3. The Labute approximate surface area is 297 Å². The minimum atomic E-state index is 0.583. The molecule has 6 aromatic carbocycles. The molecule has 0 atom stereocenters. The molecule has 0 amide bonds. The molecule has 0 fully saturated rings. The maximum Gasteiger partial charge on any atom is 0.240 e. The van der Waals surface area contributed by atoms with Gasteiger partial charge in [-0.1, -0.05) is 115 Å². The van der Waals surface area contributed by atoms with E-state index in [1.165, 1.54) is 26.1 Å². The van der Waals surface area contributed by atoms with Crippen LogP contribution in [0.4, 0.5) is 0 Å². The van der Waals surface area contributed by atoms with E-state index in [2.05, 4.69) is 161 Å². The molecule has 0 radical (unpaired) electrons. The van der Waals surface area contributed by atoms with Gasteiger partial charge in [-0.05, 0) is 71.3 Å². The Balaban J connectivity index is 1.18. The van der Waals surface area contributed by atoms with E-state index in [0.29, 0.717) is 17.7 Å². The van der Waals surface area contributed by atoms with Crippen LogP contribution < -0.4 is 0 Å². The van der Waals surface area contributed by atoms with Crippen molar-refractivity contribution < 1.29 is 0 Å². The van der Waals surface area contributed by atoms with Crippen molar-refractivity contribution >= 4 is 71.1 Å². The van der Waals surface area contributed by atoms with Gasteiger partial charge in [0, 0.05) is 36.7 Å². The highest BCUT2D eigenvalue weighted by Gasteiger charge is 2.21. The second-order valence-corrected chi connectivity index (χ2v) is 14.2. The van der Waals surface area contributed by atoms with Gasteiger partial charge >= 0.3 is 0 Å². The molecule has 10 aromatic rings.